The van der Waals surface area contributed by atoms with Crippen LogP contribution in [-0.4, -0.2) is 21.1 Å². The second kappa shape index (κ2) is 8.07. The summed E-state index contributed by atoms with van der Waals surface area (Å²) < 4.78 is 0.276. The monoisotopic (exact) mass is 430 g/mol. The Hall–Kier alpha value is -2.15. The molecule has 2 aromatic rings. The maximum absolute atomic E-state index is 12.7. The first kappa shape index (κ1) is 20.6. The number of hydrogen-bond donors (Lipinski definition) is 1. The van der Waals surface area contributed by atoms with E-state index in [9.17, 15) is 9.59 Å². The molecular formula is C21H19ClN2O2S2. The molecular weight excluding hydrogens is 412 g/mol. The fraction of sp³-hybridized carbons (Fsp3) is 0.190. The van der Waals surface area contributed by atoms with E-state index in [1.54, 1.807) is 24.3 Å². The molecule has 1 N–H and O–H groups in total. The average molecular weight is 431 g/mol. The summed E-state index contributed by atoms with van der Waals surface area (Å²) in [5, 5.41) is 1.54. The minimum atomic E-state index is -0.449. The fourth-order valence-corrected chi connectivity index (χ4v) is 3.96. The fourth-order valence-electron chi connectivity index (χ4n) is 2.59. The van der Waals surface area contributed by atoms with Gasteiger partial charge in [0.2, 0.25) is 0 Å². The van der Waals surface area contributed by atoms with Gasteiger partial charge in [-0.15, -0.1) is 0 Å². The van der Waals surface area contributed by atoms with Crippen molar-refractivity contribution in [3.8, 4) is 0 Å². The normalized spacial score (nSPS) is 16.0. The van der Waals surface area contributed by atoms with Crippen LogP contribution in [0, 0.1) is 0 Å². The third-order valence-electron chi connectivity index (χ3n) is 4.17. The van der Waals surface area contributed by atoms with E-state index in [0.717, 1.165) is 22.3 Å². The number of rotatable bonds is 3. The van der Waals surface area contributed by atoms with Crippen molar-refractivity contribution >= 4 is 57.8 Å². The second-order valence-corrected chi connectivity index (χ2v) is 9.45. The van der Waals surface area contributed by atoms with Gasteiger partial charge in [-0.25, -0.2) is 0 Å². The first-order chi connectivity index (χ1) is 13.1. The van der Waals surface area contributed by atoms with Gasteiger partial charge in [0.1, 0.15) is 0 Å². The Bertz CT molecular complexity index is 979. The molecule has 7 heteroatoms. The summed E-state index contributed by atoms with van der Waals surface area (Å²) in [6.45, 7) is 6.45. The number of halogens is 1. The molecule has 1 aliphatic heterocycles. The van der Waals surface area contributed by atoms with E-state index in [1.807, 2.05) is 24.3 Å². The molecule has 0 aromatic heterocycles. The van der Waals surface area contributed by atoms with E-state index in [4.69, 9.17) is 23.8 Å². The number of nitrogens with zero attached hydrogens (tertiary/aromatic N) is 1. The molecule has 1 heterocycles. The highest BCUT2D eigenvalue weighted by molar-refractivity contribution is 8.26. The Morgan fingerprint density at radius 1 is 1.18 bits per heavy atom. The van der Waals surface area contributed by atoms with Crippen molar-refractivity contribution in [3.63, 3.8) is 0 Å². The van der Waals surface area contributed by atoms with Gasteiger partial charge in [0.05, 0.1) is 4.91 Å². The lowest BCUT2D eigenvalue weighted by Crippen LogP contribution is -2.44. The molecule has 0 saturated carbocycles. The number of thiocarbonyl (C=S) groups is 1. The Kier molecular flexibility index (Phi) is 5.93. The van der Waals surface area contributed by atoms with E-state index >= 15 is 0 Å². The lowest BCUT2D eigenvalue weighted by atomic mass is 9.87. The Morgan fingerprint density at radius 3 is 2.46 bits per heavy atom. The largest absolute Gasteiger partial charge is 0.285 e. The molecule has 28 heavy (non-hydrogen) atoms. The Morgan fingerprint density at radius 2 is 1.86 bits per heavy atom. The number of amides is 2. The topological polar surface area (TPSA) is 49.4 Å². The zero-order valence-corrected chi connectivity index (χ0v) is 18.0. The maximum Gasteiger partial charge on any atom is 0.285 e. The van der Waals surface area contributed by atoms with Crippen molar-refractivity contribution in [2.24, 2.45) is 0 Å². The number of benzene rings is 2. The van der Waals surface area contributed by atoms with E-state index in [0.29, 0.717) is 15.5 Å². The predicted molar refractivity (Wildman–Crippen MR) is 119 cm³/mol. The molecule has 2 aromatic carbocycles. The summed E-state index contributed by atoms with van der Waals surface area (Å²) in [6, 6.07) is 14.5. The van der Waals surface area contributed by atoms with Crippen LogP contribution in [0.3, 0.4) is 0 Å². The summed E-state index contributed by atoms with van der Waals surface area (Å²) in [5.74, 6) is -0.806. The highest BCUT2D eigenvalue weighted by Crippen LogP contribution is 2.32. The molecule has 144 valence electrons. The highest BCUT2D eigenvalue weighted by Gasteiger charge is 2.33. The van der Waals surface area contributed by atoms with Crippen molar-refractivity contribution < 1.29 is 9.59 Å². The molecule has 0 aliphatic carbocycles. The third kappa shape index (κ3) is 4.63. The molecule has 1 saturated heterocycles. The van der Waals surface area contributed by atoms with E-state index in [-0.39, 0.29) is 15.6 Å². The Balaban J connectivity index is 1.76. The van der Waals surface area contributed by atoms with Crippen LogP contribution in [-0.2, 0) is 10.2 Å². The molecule has 1 aliphatic rings. The summed E-state index contributed by atoms with van der Waals surface area (Å²) in [4.78, 5) is 25.5. The summed E-state index contributed by atoms with van der Waals surface area (Å²) >= 11 is 12.3. The van der Waals surface area contributed by atoms with Gasteiger partial charge in [0, 0.05) is 10.6 Å². The van der Waals surface area contributed by atoms with E-state index < -0.39 is 5.91 Å². The van der Waals surface area contributed by atoms with Gasteiger partial charge < -0.3 is 0 Å². The molecule has 0 atom stereocenters. The molecule has 3 rings (SSSR count). The quantitative estimate of drug-likeness (QED) is 0.538. The minimum Gasteiger partial charge on any atom is -0.267 e. The van der Waals surface area contributed by atoms with Gasteiger partial charge in [0.25, 0.3) is 11.8 Å². The van der Waals surface area contributed by atoms with E-state index in [1.165, 1.54) is 11.6 Å². The first-order valence-corrected chi connectivity index (χ1v) is 10.2. The summed E-state index contributed by atoms with van der Waals surface area (Å²) in [5.41, 5.74) is 5.07. The number of hydrogen-bond acceptors (Lipinski definition) is 4. The zero-order chi connectivity index (χ0) is 20.5. The second-order valence-electron chi connectivity index (χ2n) is 7.34. The number of carbonyl (C=O) groups is 2. The SMILES string of the molecule is CC(C)(C)c1ccc(/C=C2/SC(=S)N(NC(=O)c3cccc(Cl)c3)C2=O)cc1. The molecule has 0 spiro atoms. The minimum absolute atomic E-state index is 0.0621. The lowest BCUT2D eigenvalue weighted by Gasteiger charge is -2.18. The molecule has 0 bridgehead atoms. The van der Waals surface area contributed by atoms with Gasteiger partial charge in [-0.3, -0.25) is 15.0 Å². The number of carbonyl (C=O) groups excluding carboxylic acids is 2. The molecule has 4 nitrogen and oxygen atoms in total. The summed E-state index contributed by atoms with van der Waals surface area (Å²) in [7, 11) is 0. The summed E-state index contributed by atoms with van der Waals surface area (Å²) in [6.07, 6.45) is 1.78. The van der Waals surface area contributed by atoms with Crippen LogP contribution < -0.4 is 5.43 Å². The van der Waals surface area contributed by atoms with Crippen molar-refractivity contribution in [3.05, 3.63) is 75.1 Å². The molecule has 1 fully saturated rings. The zero-order valence-electron chi connectivity index (χ0n) is 15.7. The van der Waals surface area contributed by atoms with Crippen molar-refractivity contribution in [1.29, 1.82) is 0 Å². The van der Waals surface area contributed by atoms with Gasteiger partial charge in [-0.1, -0.05) is 74.5 Å². The van der Waals surface area contributed by atoms with Gasteiger partial charge in [-0.05, 0) is 53.0 Å². The average Bonchev–Trinajstić information content (AvgIpc) is 2.89. The van der Waals surface area contributed by atoms with Crippen LogP contribution in [0.1, 0.15) is 42.3 Å². The highest BCUT2D eigenvalue weighted by atomic mass is 35.5. The van der Waals surface area contributed by atoms with Crippen molar-refractivity contribution in [1.82, 2.24) is 10.4 Å². The number of nitrogens with one attached hydrogen (secondary N) is 1. The van der Waals surface area contributed by atoms with Gasteiger partial charge in [0.15, 0.2) is 4.32 Å². The first-order valence-electron chi connectivity index (χ1n) is 8.60. The lowest BCUT2D eigenvalue weighted by molar-refractivity contribution is -0.123. The van der Waals surface area contributed by atoms with Crippen LogP contribution in [0.25, 0.3) is 6.08 Å². The smallest absolute Gasteiger partial charge is 0.267 e. The Labute approximate surface area is 178 Å². The molecule has 0 unspecified atom stereocenters. The third-order valence-corrected chi connectivity index (χ3v) is 5.71. The van der Waals surface area contributed by atoms with Gasteiger partial charge in [-0.2, -0.15) is 5.01 Å². The van der Waals surface area contributed by atoms with Crippen molar-refractivity contribution in [2.75, 3.05) is 0 Å². The van der Waals surface area contributed by atoms with Crippen molar-refractivity contribution in [2.45, 2.75) is 26.2 Å². The standard InChI is InChI=1S/C21H19ClN2O2S2/c1-21(2,3)15-9-7-13(8-10-15)11-17-19(26)24(20(27)28-17)23-18(25)14-5-4-6-16(22)12-14/h4-12H,1-3H3,(H,23,25)/b17-11+. The predicted octanol–water partition coefficient (Wildman–Crippen LogP) is 5.18. The molecule has 2 amide bonds. The van der Waals surface area contributed by atoms with Crippen LogP contribution in [0.4, 0.5) is 0 Å². The maximum atomic E-state index is 12.7. The van der Waals surface area contributed by atoms with Crippen LogP contribution in [0.5, 0.6) is 0 Å². The molecule has 0 radical (unpaired) electrons. The van der Waals surface area contributed by atoms with Gasteiger partial charge >= 0.3 is 0 Å². The van der Waals surface area contributed by atoms with Crippen LogP contribution in [0.15, 0.2) is 53.4 Å². The number of hydrazine groups is 1. The number of thioether (sulfide) groups is 1. The van der Waals surface area contributed by atoms with Crippen LogP contribution >= 0.6 is 35.6 Å². The van der Waals surface area contributed by atoms with Crippen LogP contribution in [0.2, 0.25) is 5.02 Å². The van der Waals surface area contributed by atoms with E-state index in [2.05, 4.69) is 26.2 Å².